The SMILES string of the molecule is CCCN1C(N)=C(C#N)C(c2ccc(Cl)cc2)C(C#N)=C1N. The molecule has 0 atom stereocenters. The number of hydrogen-bond acceptors (Lipinski definition) is 5. The number of nitrogens with two attached hydrogens (primary N) is 2. The van der Waals surface area contributed by atoms with Gasteiger partial charge in [0.25, 0.3) is 0 Å². The highest BCUT2D eigenvalue weighted by Crippen LogP contribution is 2.38. The van der Waals surface area contributed by atoms with Crippen molar-refractivity contribution in [1.82, 2.24) is 4.90 Å². The number of halogens is 1. The van der Waals surface area contributed by atoms with Crippen LogP contribution in [0.15, 0.2) is 47.1 Å². The van der Waals surface area contributed by atoms with E-state index in [2.05, 4.69) is 12.1 Å². The van der Waals surface area contributed by atoms with Crippen LogP contribution in [0.2, 0.25) is 5.02 Å². The second-order valence-electron chi connectivity index (χ2n) is 4.96. The van der Waals surface area contributed by atoms with E-state index in [0.29, 0.717) is 34.4 Å². The molecule has 0 bridgehead atoms. The lowest BCUT2D eigenvalue weighted by Crippen LogP contribution is -2.38. The molecule has 0 fully saturated rings. The van der Waals surface area contributed by atoms with Gasteiger partial charge in [0, 0.05) is 11.6 Å². The molecule has 6 heteroatoms. The number of rotatable bonds is 3. The molecule has 1 aromatic carbocycles. The molecule has 0 aliphatic carbocycles. The molecule has 0 saturated heterocycles. The first-order valence-electron chi connectivity index (χ1n) is 6.87. The number of hydrogen-bond donors (Lipinski definition) is 2. The molecule has 22 heavy (non-hydrogen) atoms. The average Bonchev–Trinajstić information content (AvgIpc) is 2.52. The monoisotopic (exact) mass is 313 g/mol. The summed E-state index contributed by atoms with van der Waals surface area (Å²) in [6.45, 7) is 2.53. The van der Waals surface area contributed by atoms with Gasteiger partial charge in [0.1, 0.15) is 11.6 Å². The lowest BCUT2D eigenvalue weighted by Gasteiger charge is -2.34. The Morgan fingerprint density at radius 1 is 1.09 bits per heavy atom. The number of benzene rings is 1. The highest BCUT2D eigenvalue weighted by Gasteiger charge is 2.34. The molecule has 0 amide bonds. The Morgan fingerprint density at radius 2 is 1.59 bits per heavy atom. The molecule has 1 aliphatic heterocycles. The topological polar surface area (TPSA) is 103 Å². The normalized spacial score (nSPS) is 15.7. The zero-order valence-electron chi connectivity index (χ0n) is 12.2. The first-order chi connectivity index (χ1) is 10.5. The third-order valence-corrected chi connectivity index (χ3v) is 3.85. The van der Waals surface area contributed by atoms with Crippen molar-refractivity contribution >= 4 is 11.6 Å². The van der Waals surface area contributed by atoms with E-state index < -0.39 is 5.92 Å². The van der Waals surface area contributed by atoms with Gasteiger partial charge >= 0.3 is 0 Å². The van der Waals surface area contributed by atoms with Crippen LogP contribution in [-0.2, 0) is 0 Å². The molecular weight excluding hydrogens is 298 g/mol. The van der Waals surface area contributed by atoms with Gasteiger partial charge < -0.3 is 16.4 Å². The Hall–Kier alpha value is -2.63. The van der Waals surface area contributed by atoms with E-state index in [4.69, 9.17) is 23.1 Å². The summed E-state index contributed by atoms with van der Waals surface area (Å²) in [6, 6.07) is 11.2. The van der Waals surface area contributed by atoms with Crippen LogP contribution in [0.1, 0.15) is 24.8 Å². The Morgan fingerprint density at radius 3 is 2.00 bits per heavy atom. The van der Waals surface area contributed by atoms with Crippen molar-refractivity contribution in [3.8, 4) is 12.1 Å². The van der Waals surface area contributed by atoms with E-state index in [-0.39, 0.29) is 0 Å². The van der Waals surface area contributed by atoms with Crippen molar-refractivity contribution in [3.63, 3.8) is 0 Å². The fraction of sp³-hybridized carbons (Fsp3) is 0.250. The minimum Gasteiger partial charge on any atom is -0.384 e. The zero-order valence-corrected chi connectivity index (χ0v) is 12.9. The summed E-state index contributed by atoms with van der Waals surface area (Å²) in [5.41, 5.74) is 13.7. The number of nitrogens with zero attached hydrogens (tertiary/aromatic N) is 3. The molecule has 112 valence electrons. The van der Waals surface area contributed by atoms with Crippen molar-refractivity contribution < 1.29 is 0 Å². The van der Waals surface area contributed by atoms with Crippen LogP contribution in [0.4, 0.5) is 0 Å². The highest BCUT2D eigenvalue weighted by atomic mass is 35.5. The van der Waals surface area contributed by atoms with Gasteiger partial charge in [-0.3, -0.25) is 0 Å². The maximum atomic E-state index is 9.52. The highest BCUT2D eigenvalue weighted by molar-refractivity contribution is 6.30. The molecule has 1 aromatic rings. The van der Waals surface area contributed by atoms with Crippen LogP contribution in [0.5, 0.6) is 0 Å². The minimum atomic E-state index is -0.555. The quantitative estimate of drug-likeness (QED) is 0.892. The Balaban J connectivity index is 2.63. The van der Waals surface area contributed by atoms with Gasteiger partial charge in [-0.15, -0.1) is 0 Å². The molecule has 1 heterocycles. The summed E-state index contributed by atoms with van der Waals surface area (Å²) in [4.78, 5) is 1.63. The molecule has 0 radical (unpaired) electrons. The van der Waals surface area contributed by atoms with Gasteiger partial charge in [-0.25, -0.2) is 0 Å². The van der Waals surface area contributed by atoms with Crippen LogP contribution in [0.25, 0.3) is 0 Å². The van der Waals surface area contributed by atoms with Crippen LogP contribution >= 0.6 is 11.6 Å². The fourth-order valence-electron chi connectivity index (χ4n) is 2.56. The van der Waals surface area contributed by atoms with Gasteiger partial charge in [-0.1, -0.05) is 30.7 Å². The van der Waals surface area contributed by atoms with Crippen LogP contribution in [-0.4, -0.2) is 11.4 Å². The maximum Gasteiger partial charge on any atom is 0.119 e. The van der Waals surface area contributed by atoms with Gasteiger partial charge in [0.2, 0.25) is 0 Å². The Kier molecular flexibility index (Phi) is 4.60. The van der Waals surface area contributed by atoms with Gasteiger partial charge in [-0.2, -0.15) is 10.5 Å². The molecule has 0 spiro atoms. The van der Waals surface area contributed by atoms with Crippen molar-refractivity contribution in [2.45, 2.75) is 19.3 Å². The van der Waals surface area contributed by atoms with Crippen molar-refractivity contribution in [2.75, 3.05) is 6.54 Å². The molecule has 5 nitrogen and oxygen atoms in total. The van der Waals surface area contributed by atoms with E-state index in [1.807, 2.05) is 6.92 Å². The molecule has 0 saturated carbocycles. The molecule has 4 N–H and O–H groups in total. The predicted molar refractivity (Wildman–Crippen MR) is 84.8 cm³/mol. The van der Waals surface area contributed by atoms with E-state index in [0.717, 1.165) is 12.0 Å². The minimum absolute atomic E-state index is 0.306. The third kappa shape index (κ3) is 2.59. The molecule has 1 aliphatic rings. The average molecular weight is 314 g/mol. The van der Waals surface area contributed by atoms with E-state index >= 15 is 0 Å². The fourth-order valence-corrected chi connectivity index (χ4v) is 2.68. The molecule has 0 aromatic heterocycles. The van der Waals surface area contributed by atoms with Gasteiger partial charge in [0.15, 0.2) is 0 Å². The number of nitriles is 2. The van der Waals surface area contributed by atoms with Crippen LogP contribution in [0.3, 0.4) is 0 Å². The van der Waals surface area contributed by atoms with Gasteiger partial charge in [-0.05, 0) is 24.1 Å². The van der Waals surface area contributed by atoms with E-state index in [1.165, 1.54) is 0 Å². The second-order valence-corrected chi connectivity index (χ2v) is 5.39. The molecule has 2 rings (SSSR count). The largest absolute Gasteiger partial charge is 0.384 e. The van der Waals surface area contributed by atoms with Crippen LogP contribution < -0.4 is 11.5 Å². The van der Waals surface area contributed by atoms with Gasteiger partial charge in [0.05, 0.1) is 29.2 Å². The summed E-state index contributed by atoms with van der Waals surface area (Å²) < 4.78 is 0. The summed E-state index contributed by atoms with van der Waals surface area (Å²) in [6.07, 6.45) is 0.796. The number of allylic oxidation sites excluding steroid dienone is 2. The third-order valence-electron chi connectivity index (χ3n) is 3.60. The van der Waals surface area contributed by atoms with Crippen molar-refractivity contribution in [1.29, 1.82) is 10.5 Å². The standard InChI is InChI=1S/C16H16ClN5/c1-2-7-22-15(20)12(8-18)14(13(9-19)16(22)21)10-3-5-11(17)6-4-10/h3-6,14H,2,7,20-21H2,1H3. The summed E-state index contributed by atoms with van der Waals surface area (Å²) in [5.74, 6) is 0.0574. The smallest absolute Gasteiger partial charge is 0.119 e. The summed E-state index contributed by atoms with van der Waals surface area (Å²) >= 11 is 5.90. The van der Waals surface area contributed by atoms with E-state index in [1.54, 1.807) is 29.2 Å². The first-order valence-corrected chi connectivity index (χ1v) is 7.25. The molecule has 0 unspecified atom stereocenters. The lowest BCUT2D eigenvalue weighted by molar-refractivity contribution is 0.395. The first kappa shape index (κ1) is 15.8. The predicted octanol–water partition coefficient (Wildman–Crippen LogP) is 2.54. The second kappa shape index (κ2) is 6.43. The lowest BCUT2D eigenvalue weighted by atomic mass is 9.83. The Labute approximate surface area is 134 Å². The summed E-state index contributed by atoms with van der Waals surface area (Å²) in [5, 5.41) is 19.6. The zero-order chi connectivity index (χ0) is 16.3. The molecular formula is C16H16ClN5. The summed E-state index contributed by atoms with van der Waals surface area (Å²) in [7, 11) is 0. The van der Waals surface area contributed by atoms with Crippen molar-refractivity contribution in [3.05, 3.63) is 57.6 Å². The maximum absolute atomic E-state index is 9.52. The van der Waals surface area contributed by atoms with Crippen molar-refractivity contribution in [2.24, 2.45) is 11.5 Å². The van der Waals surface area contributed by atoms with E-state index in [9.17, 15) is 10.5 Å². The van der Waals surface area contributed by atoms with Crippen LogP contribution in [0, 0.1) is 22.7 Å². The Bertz CT molecular complexity index is 680.